The summed E-state index contributed by atoms with van der Waals surface area (Å²) in [7, 11) is 4.17. The molecular formula is C19H26Cl2N2O2. The number of benzene rings is 1. The van der Waals surface area contributed by atoms with Crippen LogP contribution in [0.2, 0.25) is 10.0 Å². The Labute approximate surface area is 160 Å². The third-order valence-electron chi connectivity index (χ3n) is 5.24. The van der Waals surface area contributed by atoms with E-state index in [0.29, 0.717) is 28.4 Å². The lowest BCUT2D eigenvalue weighted by molar-refractivity contribution is 0.0258. The lowest BCUT2D eigenvalue weighted by atomic mass is 9.92. The first-order valence-corrected chi connectivity index (χ1v) is 9.38. The van der Waals surface area contributed by atoms with Gasteiger partial charge in [-0.05, 0) is 64.4 Å². The Morgan fingerprint density at radius 2 is 2.00 bits per heavy atom. The van der Waals surface area contributed by atoms with Crippen molar-refractivity contribution in [3.8, 4) is 0 Å². The van der Waals surface area contributed by atoms with E-state index in [0.717, 1.165) is 13.1 Å². The second kappa shape index (κ2) is 6.33. The number of likely N-dealkylation sites (tertiary alicyclic amines) is 1. The summed E-state index contributed by atoms with van der Waals surface area (Å²) in [5, 5.41) is 1.13. The fourth-order valence-electron chi connectivity index (χ4n) is 4.20. The van der Waals surface area contributed by atoms with E-state index in [2.05, 4.69) is 25.1 Å². The maximum absolute atomic E-state index is 12.5. The van der Waals surface area contributed by atoms with Gasteiger partial charge in [0.2, 0.25) is 0 Å². The molecule has 0 spiro atoms. The number of rotatable bonds is 3. The molecule has 1 aromatic carbocycles. The van der Waals surface area contributed by atoms with Gasteiger partial charge in [-0.25, -0.2) is 4.79 Å². The Morgan fingerprint density at radius 3 is 2.56 bits per heavy atom. The molecule has 2 aliphatic rings. The molecule has 25 heavy (non-hydrogen) atoms. The number of carbonyl (C=O) groups excluding carboxylic acids is 1. The summed E-state index contributed by atoms with van der Waals surface area (Å²) in [5.74, 6) is 0.943. The van der Waals surface area contributed by atoms with Gasteiger partial charge in [0, 0.05) is 25.0 Å². The Hall–Kier alpha value is -0.970. The van der Waals surface area contributed by atoms with Crippen LogP contribution < -0.4 is 0 Å². The van der Waals surface area contributed by atoms with Crippen molar-refractivity contribution in [2.24, 2.45) is 11.8 Å². The maximum atomic E-state index is 12.5. The van der Waals surface area contributed by atoms with Crippen LogP contribution in [0.5, 0.6) is 0 Å². The Morgan fingerprint density at radius 1 is 1.32 bits per heavy atom. The summed E-state index contributed by atoms with van der Waals surface area (Å²) in [5.41, 5.74) is 0.642. The number of amides is 1. The highest BCUT2D eigenvalue weighted by Crippen LogP contribution is 2.64. The minimum Gasteiger partial charge on any atom is -0.444 e. The van der Waals surface area contributed by atoms with Gasteiger partial charge < -0.3 is 14.5 Å². The number of hydrogen-bond donors (Lipinski definition) is 0. The zero-order valence-corrected chi connectivity index (χ0v) is 17.0. The van der Waals surface area contributed by atoms with Gasteiger partial charge in [-0.2, -0.15) is 0 Å². The number of piperidine rings is 1. The van der Waals surface area contributed by atoms with E-state index >= 15 is 0 Å². The SMILES string of the molecule is CN(C)C[C@@H]1[C@H]2CN(C(=O)OC(C)(C)C)C[C@]12c1ccc(Cl)c(Cl)c1. The lowest BCUT2D eigenvalue weighted by Gasteiger charge is -2.28. The molecule has 3 atom stereocenters. The normalized spacial score (nSPS) is 28.2. The summed E-state index contributed by atoms with van der Waals surface area (Å²) in [6, 6.07) is 5.87. The second-order valence-corrected chi connectivity index (χ2v) is 9.32. The molecule has 4 nitrogen and oxygen atoms in total. The zero-order valence-electron chi connectivity index (χ0n) is 15.5. The molecule has 0 aromatic heterocycles. The van der Waals surface area contributed by atoms with Crippen molar-refractivity contribution in [3.05, 3.63) is 33.8 Å². The molecule has 1 saturated heterocycles. The molecule has 1 aliphatic carbocycles. The van der Waals surface area contributed by atoms with E-state index < -0.39 is 5.60 Å². The number of ether oxygens (including phenoxy) is 1. The smallest absolute Gasteiger partial charge is 0.410 e. The molecule has 1 heterocycles. The van der Waals surface area contributed by atoms with Crippen LogP contribution in [0.25, 0.3) is 0 Å². The van der Waals surface area contributed by atoms with Crippen LogP contribution in [0.4, 0.5) is 4.79 Å². The van der Waals surface area contributed by atoms with E-state index in [4.69, 9.17) is 27.9 Å². The van der Waals surface area contributed by atoms with Crippen molar-refractivity contribution in [3.63, 3.8) is 0 Å². The van der Waals surface area contributed by atoms with Gasteiger partial charge in [0.05, 0.1) is 10.0 Å². The largest absolute Gasteiger partial charge is 0.444 e. The number of nitrogens with zero attached hydrogens (tertiary/aromatic N) is 2. The van der Waals surface area contributed by atoms with Gasteiger partial charge in [-0.15, -0.1) is 0 Å². The van der Waals surface area contributed by atoms with Crippen LogP contribution in [0.3, 0.4) is 0 Å². The van der Waals surface area contributed by atoms with Crippen molar-refractivity contribution < 1.29 is 9.53 Å². The molecule has 0 radical (unpaired) electrons. The molecule has 3 rings (SSSR count). The molecule has 2 fully saturated rings. The Kier molecular flexibility index (Phi) is 4.76. The van der Waals surface area contributed by atoms with Gasteiger partial charge in [-0.1, -0.05) is 29.3 Å². The highest BCUT2D eigenvalue weighted by Gasteiger charge is 2.70. The van der Waals surface area contributed by atoms with Gasteiger partial charge in [0.15, 0.2) is 0 Å². The molecule has 6 heteroatoms. The number of carbonyl (C=O) groups is 1. The first-order chi connectivity index (χ1) is 11.5. The average molecular weight is 385 g/mol. The van der Waals surface area contributed by atoms with Crippen LogP contribution in [0.15, 0.2) is 18.2 Å². The summed E-state index contributed by atoms with van der Waals surface area (Å²) in [6.45, 7) is 8.08. The molecule has 1 aromatic rings. The van der Waals surface area contributed by atoms with Crippen LogP contribution >= 0.6 is 23.2 Å². The van der Waals surface area contributed by atoms with Crippen LogP contribution in [-0.2, 0) is 10.2 Å². The van der Waals surface area contributed by atoms with Crippen LogP contribution in [0.1, 0.15) is 26.3 Å². The Balaban J connectivity index is 1.85. The van der Waals surface area contributed by atoms with Crippen molar-refractivity contribution in [1.29, 1.82) is 0 Å². The predicted octanol–water partition coefficient (Wildman–Crippen LogP) is 4.29. The Bertz CT molecular complexity index is 686. The van der Waals surface area contributed by atoms with E-state index in [1.165, 1.54) is 5.56 Å². The standard InChI is InChI=1S/C19H26Cl2N2O2/c1-18(2,3)25-17(24)23-10-14-13(9-22(4)5)19(14,11-23)12-6-7-15(20)16(21)8-12/h6-8,13-14H,9-11H2,1-5H3/t13-,14-,19+/m1/s1. The predicted molar refractivity (Wildman–Crippen MR) is 101 cm³/mol. The molecule has 138 valence electrons. The van der Waals surface area contributed by atoms with Crippen molar-refractivity contribution >= 4 is 29.3 Å². The molecule has 0 N–H and O–H groups in total. The van der Waals surface area contributed by atoms with Crippen molar-refractivity contribution in [2.45, 2.75) is 31.8 Å². The first kappa shape index (κ1) is 18.8. The summed E-state index contributed by atoms with van der Waals surface area (Å²) < 4.78 is 5.56. The number of halogens is 2. The van der Waals surface area contributed by atoms with E-state index in [9.17, 15) is 4.79 Å². The first-order valence-electron chi connectivity index (χ1n) is 8.63. The molecule has 0 bridgehead atoms. The highest BCUT2D eigenvalue weighted by molar-refractivity contribution is 6.42. The molecular weight excluding hydrogens is 359 g/mol. The van der Waals surface area contributed by atoms with Gasteiger partial charge >= 0.3 is 6.09 Å². The monoisotopic (exact) mass is 384 g/mol. The molecule has 1 aliphatic heterocycles. The zero-order chi connectivity index (χ0) is 18.6. The minimum atomic E-state index is -0.482. The lowest BCUT2D eigenvalue weighted by Crippen LogP contribution is -2.39. The fourth-order valence-corrected chi connectivity index (χ4v) is 4.50. The van der Waals surface area contributed by atoms with E-state index in [-0.39, 0.29) is 11.5 Å². The molecule has 1 amide bonds. The minimum absolute atomic E-state index is 0.0462. The van der Waals surface area contributed by atoms with Crippen LogP contribution in [-0.4, -0.2) is 55.2 Å². The van der Waals surface area contributed by atoms with Crippen molar-refractivity contribution in [1.82, 2.24) is 9.80 Å². The molecule has 0 unspecified atom stereocenters. The van der Waals surface area contributed by atoms with E-state index in [1.807, 2.05) is 37.8 Å². The third-order valence-corrected chi connectivity index (χ3v) is 5.98. The second-order valence-electron chi connectivity index (χ2n) is 8.51. The fraction of sp³-hybridized carbons (Fsp3) is 0.632. The quantitative estimate of drug-likeness (QED) is 0.778. The number of fused-ring (bicyclic) bond motifs is 1. The summed E-state index contributed by atoms with van der Waals surface area (Å²) >= 11 is 12.4. The van der Waals surface area contributed by atoms with Gasteiger partial charge in [0.25, 0.3) is 0 Å². The van der Waals surface area contributed by atoms with Gasteiger partial charge in [0.1, 0.15) is 5.60 Å². The van der Waals surface area contributed by atoms with Crippen molar-refractivity contribution in [2.75, 3.05) is 33.7 Å². The van der Waals surface area contributed by atoms with E-state index in [1.54, 1.807) is 0 Å². The third kappa shape index (κ3) is 3.49. The summed E-state index contributed by atoms with van der Waals surface area (Å²) in [6.07, 6.45) is -0.234. The average Bonchev–Trinajstić information content (AvgIpc) is 2.89. The number of hydrogen-bond acceptors (Lipinski definition) is 3. The highest BCUT2D eigenvalue weighted by atomic mass is 35.5. The topological polar surface area (TPSA) is 32.8 Å². The maximum Gasteiger partial charge on any atom is 0.410 e. The molecule has 1 saturated carbocycles. The van der Waals surface area contributed by atoms with Gasteiger partial charge in [-0.3, -0.25) is 0 Å². The van der Waals surface area contributed by atoms with Crippen LogP contribution in [0, 0.1) is 11.8 Å². The summed E-state index contributed by atoms with van der Waals surface area (Å²) in [4.78, 5) is 16.5.